The second-order valence-corrected chi connectivity index (χ2v) is 5.72. The Balaban J connectivity index is 1.67. The van der Waals surface area contributed by atoms with Crippen LogP contribution in [0, 0.1) is 5.92 Å². The van der Waals surface area contributed by atoms with Crippen molar-refractivity contribution in [3.8, 4) is 0 Å². The van der Waals surface area contributed by atoms with Crippen LogP contribution >= 0.6 is 0 Å². The van der Waals surface area contributed by atoms with Gasteiger partial charge < -0.3 is 19.7 Å². The number of ether oxygens (including phenoxy) is 2. The standard InChI is InChI=1S/C14H28N2O2/c1-4-18-13-8-12(14(13)17-3)15-9-11-6-5-7-16(2)10-11/h11-15H,4-10H2,1-3H3. The van der Waals surface area contributed by atoms with Crippen molar-refractivity contribution in [3.05, 3.63) is 0 Å². The van der Waals surface area contributed by atoms with E-state index in [0.29, 0.717) is 12.1 Å². The smallest absolute Gasteiger partial charge is 0.0986 e. The van der Waals surface area contributed by atoms with Gasteiger partial charge in [-0.1, -0.05) is 0 Å². The van der Waals surface area contributed by atoms with Crippen LogP contribution in [0.25, 0.3) is 0 Å². The molecule has 2 aliphatic rings. The van der Waals surface area contributed by atoms with Crippen LogP contribution in [0.3, 0.4) is 0 Å². The number of methoxy groups -OCH3 is 1. The van der Waals surface area contributed by atoms with E-state index in [9.17, 15) is 0 Å². The van der Waals surface area contributed by atoms with Crippen LogP contribution in [0.1, 0.15) is 26.2 Å². The van der Waals surface area contributed by atoms with Crippen molar-refractivity contribution >= 4 is 0 Å². The molecule has 0 aromatic heterocycles. The molecule has 2 rings (SSSR count). The zero-order chi connectivity index (χ0) is 13.0. The van der Waals surface area contributed by atoms with Crippen molar-refractivity contribution in [2.45, 2.75) is 44.4 Å². The van der Waals surface area contributed by atoms with E-state index in [2.05, 4.69) is 17.3 Å². The van der Waals surface area contributed by atoms with E-state index in [1.807, 2.05) is 6.92 Å². The average molecular weight is 256 g/mol. The highest BCUT2D eigenvalue weighted by Gasteiger charge is 2.41. The van der Waals surface area contributed by atoms with E-state index >= 15 is 0 Å². The number of piperidine rings is 1. The Morgan fingerprint density at radius 2 is 2.22 bits per heavy atom. The molecule has 0 amide bonds. The molecule has 0 spiro atoms. The van der Waals surface area contributed by atoms with Crippen molar-refractivity contribution < 1.29 is 9.47 Å². The molecule has 2 fully saturated rings. The summed E-state index contributed by atoms with van der Waals surface area (Å²) in [7, 11) is 4.01. The summed E-state index contributed by atoms with van der Waals surface area (Å²) in [4.78, 5) is 2.44. The number of likely N-dealkylation sites (tertiary alicyclic amines) is 1. The fraction of sp³-hybridized carbons (Fsp3) is 1.00. The van der Waals surface area contributed by atoms with E-state index in [1.54, 1.807) is 7.11 Å². The fourth-order valence-electron chi connectivity index (χ4n) is 3.23. The summed E-state index contributed by atoms with van der Waals surface area (Å²) in [5.74, 6) is 0.799. The number of hydrogen-bond donors (Lipinski definition) is 1. The molecule has 4 unspecified atom stereocenters. The van der Waals surface area contributed by atoms with Gasteiger partial charge in [-0.3, -0.25) is 0 Å². The van der Waals surface area contributed by atoms with Crippen LogP contribution in [-0.2, 0) is 9.47 Å². The van der Waals surface area contributed by atoms with E-state index in [1.165, 1.54) is 25.9 Å². The minimum atomic E-state index is 0.242. The summed E-state index contributed by atoms with van der Waals surface area (Å²) in [5, 5.41) is 3.67. The molecular weight excluding hydrogens is 228 g/mol. The van der Waals surface area contributed by atoms with Gasteiger partial charge in [0, 0.05) is 26.3 Å². The minimum Gasteiger partial charge on any atom is -0.377 e. The summed E-state index contributed by atoms with van der Waals surface area (Å²) in [6, 6.07) is 0.485. The molecule has 1 aliphatic carbocycles. The molecule has 1 heterocycles. The first-order chi connectivity index (χ1) is 8.74. The van der Waals surface area contributed by atoms with E-state index in [0.717, 1.165) is 25.5 Å². The Labute approximate surface area is 111 Å². The Hall–Kier alpha value is -0.160. The van der Waals surface area contributed by atoms with Gasteiger partial charge in [-0.15, -0.1) is 0 Å². The monoisotopic (exact) mass is 256 g/mol. The molecule has 4 nitrogen and oxygen atoms in total. The Morgan fingerprint density at radius 1 is 1.39 bits per heavy atom. The molecule has 106 valence electrons. The third-order valence-electron chi connectivity index (χ3n) is 4.29. The van der Waals surface area contributed by atoms with Gasteiger partial charge in [0.25, 0.3) is 0 Å². The van der Waals surface area contributed by atoms with Crippen molar-refractivity contribution in [2.24, 2.45) is 5.92 Å². The number of nitrogens with one attached hydrogen (secondary N) is 1. The van der Waals surface area contributed by atoms with Gasteiger partial charge in [0.05, 0.1) is 12.2 Å². The van der Waals surface area contributed by atoms with E-state index < -0.39 is 0 Å². The van der Waals surface area contributed by atoms with Gasteiger partial charge in [0.15, 0.2) is 0 Å². The van der Waals surface area contributed by atoms with Gasteiger partial charge in [0.1, 0.15) is 0 Å². The quantitative estimate of drug-likeness (QED) is 0.772. The second kappa shape index (κ2) is 6.85. The molecule has 0 bridgehead atoms. The van der Waals surface area contributed by atoms with Gasteiger partial charge in [-0.2, -0.15) is 0 Å². The Morgan fingerprint density at radius 3 is 2.89 bits per heavy atom. The van der Waals surface area contributed by atoms with Gasteiger partial charge in [0.2, 0.25) is 0 Å². The molecule has 1 aliphatic heterocycles. The molecule has 0 aromatic carbocycles. The van der Waals surface area contributed by atoms with Crippen LogP contribution in [-0.4, -0.2) is 63.5 Å². The maximum atomic E-state index is 5.65. The number of rotatable bonds is 6. The van der Waals surface area contributed by atoms with Gasteiger partial charge in [-0.25, -0.2) is 0 Å². The van der Waals surface area contributed by atoms with Crippen LogP contribution in [0.15, 0.2) is 0 Å². The number of nitrogens with zero attached hydrogens (tertiary/aromatic N) is 1. The fourth-order valence-corrected chi connectivity index (χ4v) is 3.23. The molecule has 1 saturated carbocycles. The molecular formula is C14H28N2O2. The molecule has 1 N–H and O–H groups in total. The van der Waals surface area contributed by atoms with Crippen molar-refractivity contribution in [1.82, 2.24) is 10.2 Å². The highest BCUT2D eigenvalue weighted by atomic mass is 16.5. The van der Waals surface area contributed by atoms with Crippen LogP contribution < -0.4 is 5.32 Å². The van der Waals surface area contributed by atoms with Crippen LogP contribution in [0.5, 0.6) is 0 Å². The van der Waals surface area contributed by atoms with Gasteiger partial charge >= 0.3 is 0 Å². The van der Waals surface area contributed by atoms with E-state index in [4.69, 9.17) is 9.47 Å². The van der Waals surface area contributed by atoms with Crippen LogP contribution in [0.2, 0.25) is 0 Å². The summed E-state index contributed by atoms with van der Waals surface area (Å²) in [5.41, 5.74) is 0. The summed E-state index contributed by atoms with van der Waals surface area (Å²) in [6.45, 7) is 6.43. The Bertz CT molecular complexity index is 250. The summed E-state index contributed by atoms with van der Waals surface area (Å²) >= 11 is 0. The largest absolute Gasteiger partial charge is 0.377 e. The molecule has 0 aromatic rings. The third kappa shape index (κ3) is 3.44. The first kappa shape index (κ1) is 14.3. The zero-order valence-corrected chi connectivity index (χ0v) is 12.0. The third-order valence-corrected chi connectivity index (χ3v) is 4.29. The summed E-state index contributed by atoms with van der Waals surface area (Å²) in [6.07, 6.45) is 4.33. The lowest BCUT2D eigenvalue weighted by molar-refractivity contribution is -0.131. The highest BCUT2D eigenvalue weighted by Crippen LogP contribution is 2.27. The first-order valence-electron chi connectivity index (χ1n) is 7.31. The van der Waals surface area contributed by atoms with Gasteiger partial charge in [-0.05, 0) is 52.2 Å². The predicted octanol–water partition coefficient (Wildman–Crippen LogP) is 1.11. The summed E-state index contributed by atoms with van der Waals surface area (Å²) < 4.78 is 11.2. The normalized spacial score (nSPS) is 37.5. The van der Waals surface area contributed by atoms with E-state index in [-0.39, 0.29) is 6.10 Å². The molecule has 4 heteroatoms. The molecule has 4 atom stereocenters. The van der Waals surface area contributed by atoms with Crippen molar-refractivity contribution in [2.75, 3.05) is 40.4 Å². The topological polar surface area (TPSA) is 33.7 Å². The van der Waals surface area contributed by atoms with Crippen molar-refractivity contribution in [1.29, 1.82) is 0 Å². The lowest BCUT2D eigenvalue weighted by Gasteiger charge is -2.44. The predicted molar refractivity (Wildman–Crippen MR) is 72.8 cm³/mol. The van der Waals surface area contributed by atoms with Crippen molar-refractivity contribution in [3.63, 3.8) is 0 Å². The maximum Gasteiger partial charge on any atom is 0.0986 e. The lowest BCUT2D eigenvalue weighted by atomic mass is 9.84. The second-order valence-electron chi connectivity index (χ2n) is 5.72. The lowest BCUT2D eigenvalue weighted by Crippen LogP contribution is -2.60. The molecule has 18 heavy (non-hydrogen) atoms. The minimum absolute atomic E-state index is 0.242. The van der Waals surface area contributed by atoms with Crippen LogP contribution in [0.4, 0.5) is 0 Å². The average Bonchev–Trinajstić information content (AvgIpc) is 2.33. The SMILES string of the molecule is CCOC1CC(NCC2CCCN(C)C2)C1OC. The Kier molecular flexibility index (Phi) is 5.42. The number of hydrogen-bond acceptors (Lipinski definition) is 4. The first-order valence-corrected chi connectivity index (χ1v) is 7.31. The zero-order valence-electron chi connectivity index (χ0n) is 12.0. The molecule has 0 radical (unpaired) electrons. The highest BCUT2D eigenvalue weighted by molar-refractivity contribution is 4.97. The molecule has 1 saturated heterocycles. The maximum absolute atomic E-state index is 5.65.